The maximum absolute atomic E-state index is 11.1. The van der Waals surface area contributed by atoms with Crippen molar-refractivity contribution in [3.8, 4) is 0 Å². The molecule has 1 aliphatic heterocycles. The zero-order valence-corrected chi connectivity index (χ0v) is 11.0. The Balaban J connectivity index is 0.000000921. The van der Waals surface area contributed by atoms with Crippen LogP contribution >= 0.6 is 0 Å². The molecule has 0 aliphatic carbocycles. The molecule has 0 aromatic carbocycles. The number of rotatable bonds is 2. The fraction of sp³-hybridized carbons (Fsp3) is 0.923. The highest BCUT2D eigenvalue weighted by molar-refractivity contribution is 5.73. The standard InChI is InChI=1S/C11H21NO.C2H6/c1-4-9(2)11-5-7-12(8-6-11)10(3)13;1-2/h9,11H,4-8H2,1-3H3;1-2H3. The number of carbonyl (C=O) groups is 1. The van der Waals surface area contributed by atoms with Gasteiger partial charge in [-0.05, 0) is 24.7 Å². The van der Waals surface area contributed by atoms with Crippen molar-refractivity contribution >= 4 is 5.91 Å². The van der Waals surface area contributed by atoms with Gasteiger partial charge in [-0.15, -0.1) is 0 Å². The molecule has 1 atom stereocenters. The van der Waals surface area contributed by atoms with Crippen LogP contribution in [0.2, 0.25) is 0 Å². The highest BCUT2D eigenvalue weighted by atomic mass is 16.2. The van der Waals surface area contributed by atoms with Gasteiger partial charge in [-0.1, -0.05) is 34.1 Å². The quantitative estimate of drug-likeness (QED) is 0.689. The van der Waals surface area contributed by atoms with Gasteiger partial charge in [-0.25, -0.2) is 0 Å². The smallest absolute Gasteiger partial charge is 0.219 e. The lowest BCUT2D eigenvalue weighted by atomic mass is 9.84. The lowest BCUT2D eigenvalue weighted by molar-refractivity contribution is -0.130. The van der Waals surface area contributed by atoms with Gasteiger partial charge >= 0.3 is 0 Å². The van der Waals surface area contributed by atoms with Crippen LogP contribution in [0.3, 0.4) is 0 Å². The predicted molar refractivity (Wildman–Crippen MR) is 65.8 cm³/mol. The van der Waals surface area contributed by atoms with Crippen LogP contribution in [0.25, 0.3) is 0 Å². The summed E-state index contributed by atoms with van der Waals surface area (Å²) in [5, 5.41) is 0. The van der Waals surface area contributed by atoms with Crippen molar-refractivity contribution in [2.75, 3.05) is 13.1 Å². The Kier molecular flexibility index (Phi) is 7.45. The first-order valence-electron chi connectivity index (χ1n) is 6.40. The van der Waals surface area contributed by atoms with Crippen molar-refractivity contribution in [1.29, 1.82) is 0 Å². The molecular weight excluding hydrogens is 186 g/mol. The summed E-state index contributed by atoms with van der Waals surface area (Å²) in [6.07, 6.45) is 3.67. The Hall–Kier alpha value is -0.530. The molecule has 0 N–H and O–H groups in total. The van der Waals surface area contributed by atoms with Gasteiger partial charge in [0.15, 0.2) is 0 Å². The fourth-order valence-electron chi connectivity index (χ4n) is 2.12. The summed E-state index contributed by atoms with van der Waals surface area (Å²) in [7, 11) is 0. The predicted octanol–water partition coefficient (Wildman–Crippen LogP) is 3.32. The van der Waals surface area contributed by atoms with Gasteiger partial charge in [0, 0.05) is 20.0 Å². The largest absolute Gasteiger partial charge is 0.343 e. The summed E-state index contributed by atoms with van der Waals surface area (Å²) in [4.78, 5) is 13.0. The molecule has 0 bridgehead atoms. The van der Waals surface area contributed by atoms with Gasteiger partial charge < -0.3 is 4.90 Å². The van der Waals surface area contributed by atoms with E-state index in [1.54, 1.807) is 6.92 Å². The van der Waals surface area contributed by atoms with E-state index in [9.17, 15) is 4.79 Å². The topological polar surface area (TPSA) is 20.3 Å². The number of amides is 1. The number of nitrogens with zero attached hydrogens (tertiary/aromatic N) is 1. The average molecular weight is 213 g/mol. The molecule has 90 valence electrons. The third-order valence-electron chi connectivity index (χ3n) is 3.43. The second-order valence-electron chi connectivity index (χ2n) is 4.23. The number of hydrogen-bond acceptors (Lipinski definition) is 1. The summed E-state index contributed by atoms with van der Waals surface area (Å²) in [5.41, 5.74) is 0. The molecule has 0 radical (unpaired) electrons. The zero-order valence-electron chi connectivity index (χ0n) is 11.0. The minimum atomic E-state index is 0.239. The number of likely N-dealkylation sites (tertiary alicyclic amines) is 1. The SMILES string of the molecule is CC.CCC(C)C1CCN(C(C)=O)CC1. The Bertz CT molecular complexity index is 171. The van der Waals surface area contributed by atoms with E-state index < -0.39 is 0 Å². The lowest BCUT2D eigenvalue weighted by Gasteiger charge is -2.34. The van der Waals surface area contributed by atoms with E-state index in [-0.39, 0.29) is 5.91 Å². The van der Waals surface area contributed by atoms with Crippen LogP contribution in [-0.4, -0.2) is 23.9 Å². The van der Waals surface area contributed by atoms with Crippen LogP contribution in [0, 0.1) is 11.8 Å². The van der Waals surface area contributed by atoms with E-state index in [0.29, 0.717) is 0 Å². The highest BCUT2D eigenvalue weighted by Gasteiger charge is 2.23. The van der Waals surface area contributed by atoms with Gasteiger partial charge in [0.25, 0.3) is 0 Å². The molecule has 0 aromatic heterocycles. The molecule has 0 spiro atoms. The van der Waals surface area contributed by atoms with Crippen molar-refractivity contribution in [3.05, 3.63) is 0 Å². The normalized spacial score (nSPS) is 19.1. The summed E-state index contributed by atoms with van der Waals surface area (Å²) in [6, 6.07) is 0. The summed E-state index contributed by atoms with van der Waals surface area (Å²) in [6.45, 7) is 12.2. The molecule has 0 saturated carbocycles. The maximum Gasteiger partial charge on any atom is 0.219 e. The maximum atomic E-state index is 11.1. The van der Waals surface area contributed by atoms with Crippen LogP contribution < -0.4 is 0 Å². The number of piperidine rings is 1. The van der Waals surface area contributed by atoms with Crippen molar-refractivity contribution in [1.82, 2.24) is 4.90 Å². The second-order valence-corrected chi connectivity index (χ2v) is 4.23. The fourth-order valence-corrected chi connectivity index (χ4v) is 2.12. The van der Waals surface area contributed by atoms with Gasteiger partial charge in [0.1, 0.15) is 0 Å². The van der Waals surface area contributed by atoms with Gasteiger partial charge in [-0.3, -0.25) is 4.79 Å². The highest BCUT2D eigenvalue weighted by Crippen LogP contribution is 2.26. The minimum absolute atomic E-state index is 0.239. The van der Waals surface area contributed by atoms with E-state index in [1.807, 2.05) is 18.7 Å². The molecule has 2 heteroatoms. The zero-order chi connectivity index (χ0) is 11.8. The molecule has 1 amide bonds. The van der Waals surface area contributed by atoms with Crippen LogP contribution in [0.5, 0.6) is 0 Å². The lowest BCUT2D eigenvalue weighted by Crippen LogP contribution is -2.38. The van der Waals surface area contributed by atoms with Crippen molar-refractivity contribution in [3.63, 3.8) is 0 Å². The molecule has 1 fully saturated rings. The van der Waals surface area contributed by atoms with E-state index in [2.05, 4.69) is 13.8 Å². The Morgan fingerprint density at radius 3 is 2.13 bits per heavy atom. The first-order valence-corrected chi connectivity index (χ1v) is 6.40. The number of hydrogen-bond donors (Lipinski definition) is 0. The third-order valence-corrected chi connectivity index (χ3v) is 3.43. The molecule has 2 nitrogen and oxygen atoms in total. The van der Waals surface area contributed by atoms with E-state index in [1.165, 1.54) is 19.3 Å². The Morgan fingerprint density at radius 2 is 1.80 bits per heavy atom. The molecule has 1 heterocycles. The second kappa shape index (κ2) is 7.72. The van der Waals surface area contributed by atoms with Crippen LogP contribution in [0.1, 0.15) is 53.9 Å². The van der Waals surface area contributed by atoms with Crippen LogP contribution in [0.4, 0.5) is 0 Å². The van der Waals surface area contributed by atoms with Gasteiger partial charge in [0.2, 0.25) is 5.91 Å². The molecule has 1 rings (SSSR count). The molecule has 1 aliphatic rings. The number of carbonyl (C=O) groups excluding carboxylic acids is 1. The summed E-state index contributed by atoms with van der Waals surface area (Å²) >= 11 is 0. The summed E-state index contributed by atoms with van der Waals surface area (Å²) < 4.78 is 0. The first-order chi connectivity index (χ1) is 7.15. The third kappa shape index (κ3) is 4.67. The van der Waals surface area contributed by atoms with E-state index in [4.69, 9.17) is 0 Å². The molecule has 15 heavy (non-hydrogen) atoms. The summed E-state index contributed by atoms with van der Waals surface area (Å²) in [5.74, 6) is 1.91. The monoisotopic (exact) mass is 213 g/mol. The van der Waals surface area contributed by atoms with E-state index >= 15 is 0 Å². The Morgan fingerprint density at radius 1 is 1.33 bits per heavy atom. The molecule has 1 saturated heterocycles. The van der Waals surface area contributed by atoms with E-state index in [0.717, 1.165) is 24.9 Å². The molecule has 1 unspecified atom stereocenters. The van der Waals surface area contributed by atoms with Crippen LogP contribution in [-0.2, 0) is 4.79 Å². The minimum Gasteiger partial charge on any atom is -0.343 e. The molecule has 0 aromatic rings. The van der Waals surface area contributed by atoms with Gasteiger partial charge in [0.05, 0.1) is 0 Å². The van der Waals surface area contributed by atoms with Crippen molar-refractivity contribution in [2.45, 2.75) is 53.9 Å². The molecular formula is C13H27NO. The van der Waals surface area contributed by atoms with Crippen LogP contribution in [0.15, 0.2) is 0 Å². The average Bonchev–Trinajstić information content (AvgIpc) is 2.31. The van der Waals surface area contributed by atoms with Gasteiger partial charge in [-0.2, -0.15) is 0 Å². The Labute approximate surface area is 95.0 Å². The van der Waals surface area contributed by atoms with Crippen molar-refractivity contribution < 1.29 is 4.79 Å². The first kappa shape index (κ1) is 14.5. The van der Waals surface area contributed by atoms with Crippen molar-refractivity contribution in [2.24, 2.45) is 11.8 Å².